The largest absolute Gasteiger partial charge is 0.310 e. The molecule has 6 rings (SSSR count). The standard InChI is InChI=1S/C33H25NS.2C2H6/c1-3-23(4-2)24-16-18-26(19-17-24)34(31-14-9-11-25-10-5-6-12-28(25)31)27-20-21-33-30(22-27)29-13-7-8-15-32(29)35-33;2*1-2/h3-22H,1H2,2H3;2*1-2H3/b23-4+;;. The Bertz CT molecular complexity index is 1710. The number of nitrogens with zero attached hydrogens (tertiary/aromatic N) is 1. The summed E-state index contributed by atoms with van der Waals surface area (Å²) in [6.45, 7) is 14.0. The zero-order valence-electron chi connectivity index (χ0n) is 23.6. The maximum Gasteiger partial charge on any atom is 0.0540 e. The molecule has 0 bridgehead atoms. The zero-order chi connectivity index (χ0) is 27.8. The monoisotopic (exact) mass is 527 g/mol. The van der Waals surface area contributed by atoms with E-state index < -0.39 is 0 Å². The van der Waals surface area contributed by atoms with Crippen LogP contribution in [-0.4, -0.2) is 0 Å². The van der Waals surface area contributed by atoms with E-state index in [0.717, 1.165) is 16.9 Å². The predicted octanol–water partition coefficient (Wildman–Crippen LogP) is 12.3. The summed E-state index contributed by atoms with van der Waals surface area (Å²) in [4.78, 5) is 2.38. The van der Waals surface area contributed by atoms with Gasteiger partial charge >= 0.3 is 0 Å². The molecule has 0 saturated carbocycles. The molecule has 5 aromatic carbocycles. The molecule has 0 radical (unpaired) electrons. The molecule has 1 nitrogen and oxygen atoms in total. The average Bonchev–Trinajstić information content (AvgIpc) is 3.39. The van der Waals surface area contributed by atoms with Crippen LogP contribution in [0.2, 0.25) is 0 Å². The highest BCUT2D eigenvalue weighted by Gasteiger charge is 2.17. The summed E-state index contributed by atoms with van der Waals surface area (Å²) in [6.07, 6.45) is 4.01. The fraction of sp³-hybridized carbons (Fsp3) is 0.135. The van der Waals surface area contributed by atoms with Gasteiger partial charge in [0.1, 0.15) is 0 Å². The first-order valence-corrected chi connectivity index (χ1v) is 14.7. The van der Waals surface area contributed by atoms with Gasteiger partial charge in [0.2, 0.25) is 0 Å². The summed E-state index contributed by atoms with van der Waals surface area (Å²) >= 11 is 1.85. The number of fused-ring (bicyclic) bond motifs is 4. The number of benzene rings is 5. The van der Waals surface area contributed by atoms with E-state index in [0.29, 0.717) is 0 Å². The van der Waals surface area contributed by atoms with Gasteiger partial charge in [-0.05, 0) is 65.9 Å². The number of hydrogen-bond acceptors (Lipinski definition) is 2. The van der Waals surface area contributed by atoms with Crippen LogP contribution >= 0.6 is 11.3 Å². The normalized spacial score (nSPS) is 10.9. The lowest BCUT2D eigenvalue weighted by Crippen LogP contribution is -2.10. The second-order valence-electron chi connectivity index (χ2n) is 8.61. The van der Waals surface area contributed by atoms with Crippen molar-refractivity contribution in [3.8, 4) is 0 Å². The minimum atomic E-state index is 1.13. The quantitative estimate of drug-likeness (QED) is 0.201. The first-order valence-electron chi connectivity index (χ1n) is 13.9. The van der Waals surface area contributed by atoms with E-state index in [9.17, 15) is 0 Å². The Morgan fingerprint density at radius 3 is 1.97 bits per heavy atom. The van der Waals surface area contributed by atoms with Crippen molar-refractivity contribution in [2.75, 3.05) is 4.90 Å². The van der Waals surface area contributed by atoms with Gasteiger partial charge in [-0.3, -0.25) is 0 Å². The van der Waals surface area contributed by atoms with Crippen LogP contribution in [0.25, 0.3) is 36.5 Å². The summed E-state index contributed by atoms with van der Waals surface area (Å²) in [5.41, 5.74) is 5.76. The fourth-order valence-corrected chi connectivity index (χ4v) is 5.98. The molecule has 6 aromatic rings. The lowest BCUT2D eigenvalue weighted by atomic mass is 10.0. The van der Waals surface area contributed by atoms with Crippen LogP contribution < -0.4 is 4.90 Å². The Morgan fingerprint density at radius 1 is 0.641 bits per heavy atom. The van der Waals surface area contributed by atoms with Crippen molar-refractivity contribution in [2.24, 2.45) is 0 Å². The molecule has 39 heavy (non-hydrogen) atoms. The molecule has 0 aliphatic rings. The Morgan fingerprint density at radius 2 is 1.26 bits per heavy atom. The van der Waals surface area contributed by atoms with Crippen molar-refractivity contribution in [1.82, 2.24) is 0 Å². The van der Waals surface area contributed by atoms with E-state index in [-0.39, 0.29) is 0 Å². The Hall–Kier alpha value is -4.14. The van der Waals surface area contributed by atoms with Crippen LogP contribution in [0.5, 0.6) is 0 Å². The highest BCUT2D eigenvalue weighted by atomic mass is 32.1. The molecule has 0 unspecified atom stereocenters. The van der Waals surface area contributed by atoms with Crippen molar-refractivity contribution in [3.05, 3.63) is 133 Å². The summed E-state index contributed by atoms with van der Waals surface area (Å²) < 4.78 is 2.64. The lowest BCUT2D eigenvalue weighted by Gasteiger charge is -2.27. The maximum atomic E-state index is 3.97. The van der Waals surface area contributed by atoms with Gasteiger partial charge in [-0.2, -0.15) is 0 Å². The van der Waals surface area contributed by atoms with Crippen molar-refractivity contribution in [1.29, 1.82) is 0 Å². The van der Waals surface area contributed by atoms with Crippen molar-refractivity contribution >= 4 is 64.9 Å². The van der Waals surface area contributed by atoms with E-state index in [1.807, 2.05) is 52.0 Å². The highest BCUT2D eigenvalue weighted by molar-refractivity contribution is 7.25. The van der Waals surface area contributed by atoms with Gasteiger partial charge in [0.25, 0.3) is 0 Å². The minimum Gasteiger partial charge on any atom is -0.310 e. The molecular formula is C37H37NS. The second kappa shape index (κ2) is 13.1. The highest BCUT2D eigenvalue weighted by Crippen LogP contribution is 2.42. The van der Waals surface area contributed by atoms with Crippen LogP contribution in [0.3, 0.4) is 0 Å². The van der Waals surface area contributed by atoms with E-state index in [4.69, 9.17) is 0 Å². The third kappa shape index (κ3) is 5.53. The zero-order valence-corrected chi connectivity index (χ0v) is 24.4. The summed E-state index contributed by atoms with van der Waals surface area (Å²) in [5.74, 6) is 0. The van der Waals surface area contributed by atoms with Gasteiger partial charge in [0.05, 0.1) is 5.69 Å². The molecule has 1 aromatic heterocycles. The molecule has 0 saturated heterocycles. The van der Waals surface area contributed by atoms with Crippen LogP contribution in [0.4, 0.5) is 17.1 Å². The molecule has 0 fully saturated rings. The third-order valence-electron chi connectivity index (χ3n) is 6.62. The molecular weight excluding hydrogens is 490 g/mol. The summed E-state index contributed by atoms with van der Waals surface area (Å²) in [7, 11) is 0. The minimum absolute atomic E-state index is 1.13. The van der Waals surface area contributed by atoms with Gasteiger partial charge in [-0.1, -0.05) is 113 Å². The first kappa shape index (κ1) is 27.9. The van der Waals surface area contributed by atoms with E-state index >= 15 is 0 Å². The second-order valence-corrected chi connectivity index (χ2v) is 9.69. The molecule has 0 atom stereocenters. The van der Waals surface area contributed by atoms with E-state index in [2.05, 4.69) is 127 Å². The van der Waals surface area contributed by atoms with Crippen molar-refractivity contribution in [2.45, 2.75) is 34.6 Å². The molecule has 2 heteroatoms. The average molecular weight is 528 g/mol. The van der Waals surface area contributed by atoms with Gasteiger partial charge in [0, 0.05) is 36.9 Å². The SMILES string of the molecule is C=C/C(=C\C)c1ccc(N(c2ccc3sc4ccccc4c3c2)c2cccc3ccccc23)cc1.CC.CC. The lowest BCUT2D eigenvalue weighted by molar-refractivity contribution is 1.30. The molecule has 0 N–H and O–H groups in total. The number of rotatable bonds is 5. The summed E-state index contributed by atoms with van der Waals surface area (Å²) in [5, 5.41) is 5.07. The van der Waals surface area contributed by atoms with Gasteiger partial charge in [-0.15, -0.1) is 11.3 Å². The predicted molar refractivity (Wildman–Crippen MR) is 178 cm³/mol. The Labute approximate surface area is 237 Å². The third-order valence-corrected chi connectivity index (χ3v) is 7.77. The van der Waals surface area contributed by atoms with Gasteiger partial charge < -0.3 is 4.90 Å². The van der Waals surface area contributed by atoms with Crippen molar-refractivity contribution in [3.63, 3.8) is 0 Å². The topological polar surface area (TPSA) is 3.24 Å². The van der Waals surface area contributed by atoms with Crippen LogP contribution in [0, 0.1) is 0 Å². The van der Waals surface area contributed by atoms with Crippen molar-refractivity contribution < 1.29 is 0 Å². The Kier molecular flexibility index (Phi) is 9.35. The summed E-state index contributed by atoms with van der Waals surface area (Å²) in [6, 6.07) is 39.4. The van der Waals surface area contributed by atoms with Crippen LogP contribution in [0.1, 0.15) is 40.2 Å². The number of allylic oxidation sites excluding steroid dienone is 3. The molecule has 0 aliphatic heterocycles. The molecule has 0 amide bonds. The Balaban J connectivity index is 0.000000845. The number of hydrogen-bond donors (Lipinski definition) is 0. The van der Waals surface area contributed by atoms with Gasteiger partial charge in [0.15, 0.2) is 0 Å². The molecule has 0 spiro atoms. The van der Waals surface area contributed by atoms with Gasteiger partial charge in [-0.25, -0.2) is 0 Å². The first-order chi connectivity index (χ1) is 19.3. The fourth-order valence-electron chi connectivity index (χ4n) is 4.89. The molecule has 0 aliphatic carbocycles. The molecule has 196 valence electrons. The van der Waals surface area contributed by atoms with Crippen LogP contribution in [0.15, 0.2) is 128 Å². The maximum absolute atomic E-state index is 3.97. The number of anilines is 3. The molecule has 1 heterocycles. The van der Waals surface area contributed by atoms with Crippen LogP contribution in [-0.2, 0) is 0 Å². The van der Waals surface area contributed by atoms with E-state index in [1.165, 1.54) is 42.2 Å². The smallest absolute Gasteiger partial charge is 0.0540 e. The van der Waals surface area contributed by atoms with E-state index in [1.54, 1.807) is 0 Å². The number of thiophene rings is 1.